The molecule has 4 nitrogen and oxygen atoms in total. The van der Waals surface area contributed by atoms with Crippen LogP contribution in [-0.4, -0.2) is 40.3 Å². The maximum absolute atomic E-state index is 12.0. The first-order valence-electron chi connectivity index (χ1n) is 11.1. The van der Waals surface area contributed by atoms with Crippen LogP contribution >= 0.6 is 0 Å². The quantitative estimate of drug-likeness (QED) is 0.212. The molecule has 4 heteroatoms. The first-order chi connectivity index (χ1) is 14.3. The molecule has 0 unspecified atom stereocenters. The van der Waals surface area contributed by atoms with Gasteiger partial charge in [-0.15, -0.1) is 0 Å². The number of hydrogen-bond acceptors (Lipinski definition) is 3. The molecule has 0 fully saturated rings. The Kier molecular flexibility index (Phi) is 11.9. The first-order valence-corrected chi connectivity index (χ1v) is 11.1. The van der Waals surface area contributed by atoms with Crippen molar-refractivity contribution in [2.24, 2.45) is 0 Å². The Labute approximate surface area is 189 Å². The van der Waals surface area contributed by atoms with Crippen molar-refractivity contribution in [3.05, 3.63) is 59.7 Å². The first kappa shape index (κ1) is 26.7. The molecule has 0 saturated heterocycles. The standard InChI is InChI=1S/C26H38NO3.CH4/c1-22-11-17-25(18-12-22)29-19-9-7-5-6-8-10-20-30-26(28)21-23-13-15-24(16-14-23)27(2,3)4;/h11-18H,5-10,19-21H2,1-4H3;1H4/q+1;. The lowest BCUT2D eigenvalue weighted by Crippen LogP contribution is -2.34. The molecule has 0 spiro atoms. The summed E-state index contributed by atoms with van der Waals surface area (Å²) in [6.45, 7) is 3.37. The largest absolute Gasteiger partial charge is 0.494 e. The number of quaternary nitrogens is 1. The van der Waals surface area contributed by atoms with Crippen molar-refractivity contribution in [3.8, 4) is 5.75 Å². The summed E-state index contributed by atoms with van der Waals surface area (Å²) in [4.78, 5) is 12.0. The molecule has 0 aliphatic carbocycles. The molecule has 172 valence electrons. The predicted molar refractivity (Wildman–Crippen MR) is 132 cm³/mol. The second-order valence-corrected chi connectivity index (χ2v) is 8.86. The van der Waals surface area contributed by atoms with Crippen LogP contribution < -0.4 is 9.22 Å². The third-order valence-electron chi connectivity index (χ3n) is 5.15. The molecule has 0 N–H and O–H groups in total. The molecule has 2 aromatic rings. The maximum atomic E-state index is 12.0. The van der Waals surface area contributed by atoms with Crippen molar-refractivity contribution in [1.29, 1.82) is 0 Å². The van der Waals surface area contributed by atoms with Crippen molar-refractivity contribution >= 4 is 11.7 Å². The molecular weight excluding hydrogens is 386 g/mol. The van der Waals surface area contributed by atoms with E-state index in [-0.39, 0.29) is 13.4 Å². The van der Waals surface area contributed by atoms with Crippen molar-refractivity contribution in [2.75, 3.05) is 34.4 Å². The van der Waals surface area contributed by atoms with E-state index < -0.39 is 0 Å². The molecule has 2 rings (SSSR count). The lowest BCUT2D eigenvalue weighted by atomic mass is 10.1. The van der Waals surface area contributed by atoms with Crippen LogP contribution in [0.4, 0.5) is 5.69 Å². The van der Waals surface area contributed by atoms with Crippen LogP contribution in [0, 0.1) is 6.92 Å². The van der Waals surface area contributed by atoms with E-state index in [4.69, 9.17) is 9.47 Å². The van der Waals surface area contributed by atoms with Crippen molar-refractivity contribution in [3.63, 3.8) is 0 Å². The monoisotopic (exact) mass is 428 g/mol. The summed E-state index contributed by atoms with van der Waals surface area (Å²) < 4.78 is 11.9. The molecule has 2 aromatic carbocycles. The van der Waals surface area contributed by atoms with Gasteiger partial charge < -0.3 is 9.47 Å². The predicted octanol–water partition coefficient (Wildman–Crippen LogP) is 6.33. The van der Waals surface area contributed by atoms with E-state index in [0.29, 0.717) is 13.0 Å². The number of carbonyl (C=O) groups is 1. The summed E-state index contributed by atoms with van der Waals surface area (Å²) in [5, 5.41) is 0. The second-order valence-electron chi connectivity index (χ2n) is 8.86. The van der Waals surface area contributed by atoms with E-state index in [9.17, 15) is 4.79 Å². The van der Waals surface area contributed by atoms with Crippen LogP contribution in [-0.2, 0) is 16.0 Å². The van der Waals surface area contributed by atoms with Crippen molar-refractivity contribution < 1.29 is 14.3 Å². The zero-order valence-electron chi connectivity index (χ0n) is 19.2. The van der Waals surface area contributed by atoms with Gasteiger partial charge in [0.15, 0.2) is 0 Å². The normalized spacial score (nSPS) is 11.0. The molecule has 0 aromatic heterocycles. The maximum Gasteiger partial charge on any atom is 0.310 e. The molecule has 0 atom stereocenters. The molecule has 0 saturated carbocycles. The molecule has 0 aliphatic rings. The highest BCUT2D eigenvalue weighted by Crippen LogP contribution is 2.18. The van der Waals surface area contributed by atoms with E-state index in [0.717, 1.165) is 41.7 Å². The van der Waals surface area contributed by atoms with E-state index in [1.54, 1.807) is 0 Å². The molecule has 0 heterocycles. The van der Waals surface area contributed by atoms with Gasteiger partial charge in [-0.2, -0.15) is 0 Å². The van der Waals surface area contributed by atoms with Gasteiger partial charge in [0.1, 0.15) is 11.4 Å². The molecule has 0 amide bonds. The van der Waals surface area contributed by atoms with E-state index in [1.165, 1.54) is 30.5 Å². The molecule has 0 bridgehead atoms. The fourth-order valence-corrected chi connectivity index (χ4v) is 3.20. The van der Waals surface area contributed by atoms with Crippen LogP contribution in [0.25, 0.3) is 0 Å². The molecule has 0 aliphatic heterocycles. The van der Waals surface area contributed by atoms with Crippen LogP contribution in [0.3, 0.4) is 0 Å². The Morgan fingerprint density at radius 2 is 1.32 bits per heavy atom. The summed E-state index contributed by atoms with van der Waals surface area (Å²) >= 11 is 0. The smallest absolute Gasteiger partial charge is 0.310 e. The lowest BCUT2D eigenvalue weighted by Gasteiger charge is -2.23. The van der Waals surface area contributed by atoms with E-state index in [1.807, 2.05) is 24.3 Å². The fraction of sp³-hybridized carbons (Fsp3) is 0.519. The molecular formula is C27H42NO3+. The Bertz CT molecular complexity index is 746. The van der Waals surface area contributed by atoms with Crippen LogP contribution in [0.2, 0.25) is 0 Å². The van der Waals surface area contributed by atoms with Crippen LogP contribution in [0.5, 0.6) is 5.75 Å². The number of esters is 1. The number of hydrogen-bond donors (Lipinski definition) is 0. The van der Waals surface area contributed by atoms with Gasteiger partial charge in [-0.1, -0.05) is 62.9 Å². The Hall–Kier alpha value is -2.33. The van der Waals surface area contributed by atoms with Gasteiger partial charge in [-0.05, 0) is 49.6 Å². The molecule has 31 heavy (non-hydrogen) atoms. The minimum atomic E-state index is -0.138. The van der Waals surface area contributed by atoms with Gasteiger partial charge in [-0.25, -0.2) is 0 Å². The van der Waals surface area contributed by atoms with Crippen molar-refractivity contribution in [2.45, 2.75) is 59.3 Å². The SMILES string of the molecule is C.Cc1ccc(OCCCCCCCCOC(=O)Cc2ccc([N+](C)(C)C)cc2)cc1. The summed E-state index contributed by atoms with van der Waals surface area (Å²) in [5.41, 5.74) is 3.47. The van der Waals surface area contributed by atoms with Gasteiger partial charge in [0, 0.05) is 0 Å². The Morgan fingerprint density at radius 1 is 0.774 bits per heavy atom. The van der Waals surface area contributed by atoms with Gasteiger partial charge in [0.25, 0.3) is 0 Å². The number of carbonyl (C=O) groups excluding carboxylic acids is 1. The van der Waals surface area contributed by atoms with Gasteiger partial charge in [0.2, 0.25) is 0 Å². The average molecular weight is 429 g/mol. The summed E-state index contributed by atoms with van der Waals surface area (Å²) in [5.74, 6) is 0.813. The number of rotatable bonds is 13. The average Bonchev–Trinajstić information content (AvgIpc) is 2.70. The zero-order valence-corrected chi connectivity index (χ0v) is 19.2. The third kappa shape index (κ3) is 11.0. The van der Waals surface area contributed by atoms with E-state index >= 15 is 0 Å². The minimum Gasteiger partial charge on any atom is -0.494 e. The highest BCUT2D eigenvalue weighted by Gasteiger charge is 2.12. The van der Waals surface area contributed by atoms with Crippen LogP contribution in [0.15, 0.2) is 48.5 Å². The number of ether oxygens (including phenoxy) is 2. The summed E-state index contributed by atoms with van der Waals surface area (Å²) in [6, 6.07) is 16.4. The number of unbranched alkanes of at least 4 members (excludes halogenated alkanes) is 5. The minimum absolute atomic E-state index is 0. The van der Waals surface area contributed by atoms with Gasteiger partial charge >= 0.3 is 5.97 Å². The van der Waals surface area contributed by atoms with Gasteiger partial charge in [-0.3, -0.25) is 9.28 Å². The highest BCUT2D eigenvalue weighted by molar-refractivity contribution is 5.72. The molecule has 0 radical (unpaired) electrons. The summed E-state index contributed by atoms with van der Waals surface area (Å²) in [6.07, 6.45) is 7.01. The number of nitrogens with zero attached hydrogens (tertiary/aromatic N) is 1. The zero-order chi connectivity index (χ0) is 21.8. The third-order valence-corrected chi connectivity index (χ3v) is 5.15. The van der Waals surface area contributed by atoms with Gasteiger partial charge in [0.05, 0.1) is 40.8 Å². The lowest BCUT2D eigenvalue weighted by molar-refractivity contribution is -0.142. The Balaban J connectivity index is 0.00000480. The number of aryl methyl sites for hydroxylation is 1. The van der Waals surface area contributed by atoms with E-state index in [2.05, 4.69) is 52.3 Å². The fourth-order valence-electron chi connectivity index (χ4n) is 3.20. The second kappa shape index (κ2) is 13.9. The number of benzene rings is 2. The summed E-state index contributed by atoms with van der Waals surface area (Å²) in [7, 11) is 6.38. The van der Waals surface area contributed by atoms with Crippen molar-refractivity contribution in [1.82, 2.24) is 4.48 Å². The Morgan fingerprint density at radius 3 is 1.90 bits per heavy atom. The van der Waals surface area contributed by atoms with Crippen LogP contribution in [0.1, 0.15) is 57.1 Å². The topological polar surface area (TPSA) is 35.5 Å². The highest BCUT2D eigenvalue weighted by atomic mass is 16.5.